The third-order valence-electron chi connectivity index (χ3n) is 2.95. The summed E-state index contributed by atoms with van der Waals surface area (Å²) in [6, 6.07) is 4.05. The Morgan fingerprint density at radius 1 is 1.53 bits per heavy atom. The summed E-state index contributed by atoms with van der Waals surface area (Å²) in [5, 5.41) is 10.3. The quantitative estimate of drug-likeness (QED) is 0.697. The van der Waals surface area contributed by atoms with Crippen LogP contribution in [0.15, 0.2) is 23.1 Å². The van der Waals surface area contributed by atoms with Crippen LogP contribution in [-0.4, -0.2) is 38.9 Å². The van der Waals surface area contributed by atoms with Gasteiger partial charge in [-0.15, -0.1) is 0 Å². The molecule has 0 bridgehead atoms. The van der Waals surface area contributed by atoms with E-state index in [1.165, 1.54) is 18.2 Å². The maximum absolute atomic E-state index is 12.0. The van der Waals surface area contributed by atoms with Crippen molar-refractivity contribution >= 4 is 27.3 Å². The van der Waals surface area contributed by atoms with E-state index in [1.54, 1.807) is 0 Å². The van der Waals surface area contributed by atoms with E-state index in [9.17, 15) is 13.5 Å². The summed E-state index contributed by atoms with van der Waals surface area (Å²) in [4.78, 5) is 0.0110. The predicted molar refractivity (Wildman–Crippen MR) is 71.4 cm³/mol. The fraction of sp³-hybridized carbons (Fsp3) is 0.455. The molecular formula is C11H15ClN2O4S. The summed E-state index contributed by atoms with van der Waals surface area (Å²) in [7, 11) is -3.73. The minimum absolute atomic E-state index is 0.0110. The molecule has 6 nitrogen and oxygen atoms in total. The van der Waals surface area contributed by atoms with Gasteiger partial charge in [0.1, 0.15) is 5.60 Å². The number of sulfonamides is 1. The van der Waals surface area contributed by atoms with Crippen LogP contribution in [0.25, 0.3) is 0 Å². The lowest BCUT2D eigenvalue weighted by molar-refractivity contribution is 0.0314. The number of nitrogens with two attached hydrogens (primary N) is 1. The fourth-order valence-corrected chi connectivity index (χ4v) is 3.01. The Balaban J connectivity index is 2.11. The molecule has 19 heavy (non-hydrogen) atoms. The predicted octanol–water partition coefficient (Wildman–Crippen LogP) is 0.352. The van der Waals surface area contributed by atoms with Gasteiger partial charge in [0.25, 0.3) is 0 Å². The van der Waals surface area contributed by atoms with Gasteiger partial charge in [-0.2, -0.15) is 0 Å². The monoisotopic (exact) mass is 306 g/mol. The number of nitrogens with one attached hydrogen (secondary N) is 1. The molecule has 1 aromatic carbocycles. The van der Waals surface area contributed by atoms with Gasteiger partial charge in [-0.25, -0.2) is 13.1 Å². The van der Waals surface area contributed by atoms with Crippen LogP contribution in [0, 0.1) is 0 Å². The first-order valence-electron chi connectivity index (χ1n) is 5.67. The molecule has 0 radical (unpaired) electrons. The molecule has 0 aliphatic carbocycles. The van der Waals surface area contributed by atoms with Crippen molar-refractivity contribution in [2.24, 2.45) is 0 Å². The number of halogens is 1. The Morgan fingerprint density at radius 3 is 2.84 bits per heavy atom. The van der Waals surface area contributed by atoms with Crippen molar-refractivity contribution in [2.75, 3.05) is 25.5 Å². The molecule has 0 aromatic heterocycles. The van der Waals surface area contributed by atoms with Crippen LogP contribution in [-0.2, 0) is 14.8 Å². The lowest BCUT2D eigenvalue weighted by Gasteiger charge is -2.20. The van der Waals surface area contributed by atoms with Crippen LogP contribution in [0.2, 0.25) is 5.02 Å². The molecule has 1 heterocycles. The third kappa shape index (κ3) is 3.37. The van der Waals surface area contributed by atoms with E-state index in [0.29, 0.717) is 18.1 Å². The maximum Gasteiger partial charge on any atom is 0.240 e. The van der Waals surface area contributed by atoms with Gasteiger partial charge in [0.2, 0.25) is 10.0 Å². The molecule has 2 rings (SSSR count). The van der Waals surface area contributed by atoms with E-state index in [1.807, 2.05) is 0 Å². The number of rotatable bonds is 4. The molecule has 4 N–H and O–H groups in total. The average molecular weight is 307 g/mol. The largest absolute Gasteiger partial charge is 0.397 e. The van der Waals surface area contributed by atoms with Gasteiger partial charge >= 0.3 is 0 Å². The maximum atomic E-state index is 12.0. The first kappa shape index (κ1) is 14.5. The van der Waals surface area contributed by atoms with Gasteiger partial charge in [0, 0.05) is 19.6 Å². The highest BCUT2D eigenvalue weighted by Gasteiger charge is 2.33. The van der Waals surface area contributed by atoms with Crippen molar-refractivity contribution in [2.45, 2.75) is 16.9 Å². The second-order valence-corrected chi connectivity index (χ2v) is 6.71. The van der Waals surface area contributed by atoms with Crippen molar-refractivity contribution in [3.63, 3.8) is 0 Å². The summed E-state index contributed by atoms with van der Waals surface area (Å²) >= 11 is 5.74. The van der Waals surface area contributed by atoms with Crippen LogP contribution in [0.1, 0.15) is 6.42 Å². The van der Waals surface area contributed by atoms with Crippen LogP contribution in [0.3, 0.4) is 0 Å². The molecule has 1 fully saturated rings. The van der Waals surface area contributed by atoms with E-state index < -0.39 is 15.6 Å². The summed E-state index contributed by atoms with van der Waals surface area (Å²) in [6.45, 7) is 0.447. The highest BCUT2D eigenvalue weighted by molar-refractivity contribution is 7.89. The molecule has 1 aliphatic rings. The van der Waals surface area contributed by atoms with Crippen LogP contribution in [0.5, 0.6) is 0 Å². The molecule has 8 heteroatoms. The van der Waals surface area contributed by atoms with Crippen molar-refractivity contribution < 1.29 is 18.3 Å². The summed E-state index contributed by atoms with van der Waals surface area (Å²) < 4.78 is 31.5. The Kier molecular flexibility index (Phi) is 4.03. The van der Waals surface area contributed by atoms with Crippen molar-refractivity contribution in [3.8, 4) is 0 Å². The zero-order valence-corrected chi connectivity index (χ0v) is 11.7. The lowest BCUT2D eigenvalue weighted by Crippen LogP contribution is -2.43. The van der Waals surface area contributed by atoms with Gasteiger partial charge in [0.05, 0.1) is 22.2 Å². The molecular weight excluding hydrogens is 292 g/mol. The normalized spacial score (nSPS) is 23.7. The number of hydrogen-bond acceptors (Lipinski definition) is 5. The second-order valence-electron chi connectivity index (χ2n) is 4.53. The number of nitrogen functional groups attached to an aromatic ring is 1. The van der Waals surface area contributed by atoms with E-state index in [4.69, 9.17) is 22.1 Å². The smallest absolute Gasteiger partial charge is 0.240 e. The second kappa shape index (κ2) is 5.26. The van der Waals surface area contributed by atoms with E-state index in [0.717, 1.165) is 0 Å². The van der Waals surface area contributed by atoms with Gasteiger partial charge in [0.15, 0.2) is 0 Å². The molecule has 0 spiro atoms. The van der Waals surface area contributed by atoms with E-state index >= 15 is 0 Å². The summed E-state index contributed by atoms with van der Waals surface area (Å²) in [5.74, 6) is 0. The number of anilines is 1. The van der Waals surface area contributed by atoms with Gasteiger partial charge < -0.3 is 15.6 Å². The van der Waals surface area contributed by atoms with Crippen molar-refractivity contribution in [1.29, 1.82) is 0 Å². The molecule has 0 amide bonds. The molecule has 0 saturated carbocycles. The Hall–Kier alpha value is -0.860. The molecule has 1 atom stereocenters. The average Bonchev–Trinajstić information content (AvgIpc) is 2.78. The standard InChI is InChI=1S/C11H15ClN2O4S/c12-9-2-1-8(5-10(9)13)19(16,17)14-6-11(15)3-4-18-7-11/h1-2,5,14-15H,3-4,6-7,13H2. The number of benzene rings is 1. The topological polar surface area (TPSA) is 102 Å². The number of aliphatic hydroxyl groups is 1. The Morgan fingerprint density at radius 2 is 2.26 bits per heavy atom. The summed E-state index contributed by atoms with van der Waals surface area (Å²) in [5.41, 5.74) is 4.61. The highest BCUT2D eigenvalue weighted by Crippen LogP contribution is 2.23. The molecule has 1 unspecified atom stereocenters. The van der Waals surface area contributed by atoms with Gasteiger partial charge in [-0.3, -0.25) is 0 Å². The summed E-state index contributed by atoms with van der Waals surface area (Å²) in [6.07, 6.45) is 0.401. The minimum atomic E-state index is -3.73. The van der Waals surface area contributed by atoms with Crippen molar-refractivity contribution in [3.05, 3.63) is 23.2 Å². The van der Waals surface area contributed by atoms with E-state index in [-0.39, 0.29) is 23.7 Å². The van der Waals surface area contributed by atoms with Crippen LogP contribution in [0.4, 0.5) is 5.69 Å². The molecule has 1 saturated heterocycles. The van der Waals surface area contributed by atoms with Crippen LogP contribution < -0.4 is 10.5 Å². The van der Waals surface area contributed by atoms with Crippen LogP contribution >= 0.6 is 11.6 Å². The number of hydrogen-bond donors (Lipinski definition) is 3. The molecule has 1 aromatic rings. The Bertz CT molecular complexity index is 570. The van der Waals surface area contributed by atoms with Gasteiger partial charge in [-0.1, -0.05) is 11.6 Å². The molecule has 106 valence electrons. The van der Waals surface area contributed by atoms with Gasteiger partial charge in [-0.05, 0) is 18.2 Å². The number of ether oxygens (including phenoxy) is 1. The SMILES string of the molecule is Nc1cc(S(=O)(=O)NCC2(O)CCOC2)ccc1Cl. The zero-order chi connectivity index (χ0) is 14.1. The first-order chi connectivity index (χ1) is 8.82. The van der Waals surface area contributed by atoms with Crippen molar-refractivity contribution in [1.82, 2.24) is 4.72 Å². The first-order valence-corrected chi connectivity index (χ1v) is 7.53. The lowest BCUT2D eigenvalue weighted by atomic mass is 10.1. The molecule has 1 aliphatic heterocycles. The van der Waals surface area contributed by atoms with E-state index in [2.05, 4.69) is 4.72 Å². The third-order valence-corrected chi connectivity index (χ3v) is 4.69. The minimum Gasteiger partial charge on any atom is -0.397 e. The zero-order valence-electron chi connectivity index (χ0n) is 10.1. The Labute approximate surface area is 116 Å². The highest BCUT2D eigenvalue weighted by atomic mass is 35.5. The fourth-order valence-electron chi connectivity index (χ4n) is 1.74.